The molecule has 4 aromatic rings. The van der Waals surface area contributed by atoms with Gasteiger partial charge >= 0.3 is 5.69 Å². The number of piperazine rings is 1. The van der Waals surface area contributed by atoms with Gasteiger partial charge in [0.1, 0.15) is 17.4 Å². The summed E-state index contributed by atoms with van der Waals surface area (Å²) in [5.74, 6) is -0.803. The molecule has 1 aliphatic rings. The fourth-order valence-electron chi connectivity index (χ4n) is 5.38. The number of anilines is 1. The lowest BCUT2D eigenvalue weighted by molar-refractivity contribution is -0.126. The fraction of sp³-hybridized carbons (Fsp3) is 0.267. The smallest absolute Gasteiger partial charge is 0.355 e. The minimum Gasteiger partial charge on any atom is -0.507 e. The van der Waals surface area contributed by atoms with Crippen molar-refractivity contribution in [1.29, 1.82) is 0 Å². The number of pyridine rings is 1. The Hall–Kier alpha value is -4.24. The number of hydrogen-bond donors (Lipinski definition) is 1. The first-order chi connectivity index (χ1) is 19.2. The van der Waals surface area contributed by atoms with E-state index in [0.29, 0.717) is 42.9 Å². The number of benzene rings is 2. The van der Waals surface area contributed by atoms with Crippen LogP contribution in [0.1, 0.15) is 25.0 Å². The lowest BCUT2D eigenvalue weighted by Gasteiger charge is -2.40. The number of aromatic nitrogens is 3. The summed E-state index contributed by atoms with van der Waals surface area (Å²) in [5, 5.41) is 11.1. The molecule has 1 unspecified atom stereocenters. The van der Waals surface area contributed by atoms with Crippen molar-refractivity contribution in [2.45, 2.75) is 33.2 Å². The molecule has 206 valence electrons. The molecule has 40 heavy (non-hydrogen) atoms. The van der Waals surface area contributed by atoms with Crippen LogP contribution in [0.4, 0.5) is 10.2 Å². The number of carbonyl (C=O) groups excluding carboxylic acids is 1. The van der Waals surface area contributed by atoms with E-state index in [-0.39, 0.29) is 39.6 Å². The molecule has 0 bridgehead atoms. The molecular formula is C30H29ClFN5O3. The zero-order valence-electron chi connectivity index (χ0n) is 22.5. The van der Waals surface area contributed by atoms with Crippen LogP contribution >= 0.6 is 11.6 Å². The summed E-state index contributed by atoms with van der Waals surface area (Å²) in [6, 6.07) is 11.2. The Morgan fingerprint density at radius 1 is 1.23 bits per heavy atom. The third-order valence-electron chi connectivity index (χ3n) is 7.34. The molecule has 1 fully saturated rings. The van der Waals surface area contributed by atoms with Gasteiger partial charge in [0, 0.05) is 25.7 Å². The van der Waals surface area contributed by atoms with Gasteiger partial charge in [0.05, 0.1) is 27.4 Å². The molecule has 8 nitrogen and oxygen atoms in total. The zero-order valence-corrected chi connectivity index (χ0v) is 23.2. The largest absolute Gasteiger partial charge is 0.507 e. The predicted molar refractivity (Wildman–Crippen MR) is 155 cm³/mol. The van der Waals surface area contributed by atoms with E-state index < -0.39 is 11.5 Å². The maximum Gasteiger partial charge on any atom is 0.355 e. The minimum absolute atomic E-state index is 0.0103. The summed E-state index contributed by atoms with van der Waals surface area (Å²) in [6.45, 7) is 10.7. The Morgan fingerprint density at radius 3 is 2.65 bits per heavy atom. The Balaban J connectivity index is 1.82. The van der Waals surface area contributed by atoms with E-state index >= 15 is 0 Å². The summed E-state index contributed by atoms with van der Waals surface area (Å²) in [7, 11) is 0. The van der Waals surface area contributed by atoms with Crippen molar-refractivity contribution >= 4 is 34.4 Å². The zero-order chi connectivity index (χ0) is 28.7. The molecule has 1 atom stereocenters. The van der Waals surface area contributed by atoms with Crippen LogP contribution < -0.4 is 10.6 Å². The Bertz CT molecular complexity index is 1700. The predicted octanol–water partition coefficient (Wildman–Crippen LogP) is 5.04. The molecule has 1 amide bonds. The average molecular weight is 562 g/mol. The van der Waals surface area contributed by atoms with Gasteiger partial charge in [-0.15, -0.1) is 0 Å². The summed E-state index contributed by atoms with van der Waals surface area (Å²) in [5.41, 5.74) is 1.93. The molecule has 0 aliphatic carbocycles. The summed E-state index contributed by atoms with van der Waals surface area (Å²) < 4.78 is 16.4. The number of aromatic hydroxyl groups is 1. The first-order valence-corrected chi connectivity index (χ1v) is 13.4. The molecule has 2 aromatic heterocycles. The number of aryl methyl sites for hydroxylation is 2. The van der Waals surface area contributed by atoms with Gasteiger partial charge in [0.15, 0.2) is 5.65 Å². The third kappa shape index (κ3) is 4.60. The molecule has 3 heterocycles. The standard InChI is InChI=1S/C30H29ClFN5O3/c1-5-19-10-7-9-17(3)27(19)37-29-20(15-21(31)26(33-29)25-22(32)11-8-12-23(25)38)28(34-30(37)40)36-14-13-35(16-18(36)4)24(39)6-2/h6-12,15,18,38H,2,5,13-14,16H2,1,3-4H3. The van der Waals surface area contributed by atoms with Crippen LogP contribution in [0.2, 0.25) is 5.02 Å². The lowest BCUT2D eigenvalue weighted by atomic mass is 10.0. The molecule has 1 saturated heterocycles. The number of amides is 1. The highest BCUT2D eigenvalue weighted by Gasteiger charge is 2.30. The number of rotatable bonds is 5. The molecular weight excluding hydrogens is 533 g/mol. The molecule has 1 N–H and O–H groups in total. The van der Waals surface area contributed by atoms with Crippen molar-refractivity contribution < 1.29 is 14.3 Å². The van der Waals surface area contributed by atoms with Crippen LogP contribution in [0.3, 0.4) is 0 Å². The topological polar surface area (TPSA) is 91.6 Å². The SMILES string of the molecule is C=CC(=O)N1CCN(c2nc(=O)n(-c3c(C)cccc3CC)c3nc(-c4c(O)cccc4F)c(Cl)cc23)C(C)C1. The number of phenolic OH excluding ortho intramolecular Hbond substituents is 1. The van der Waals surface area contributed by atoms with Gasteiger partial charge in [-0.1, -0.05) is 49.4 Å². The van der Waals surface area contributed by atoms with Crippen molar-refractivity contribution in [3.8, 4) is 22.7 Å². The van der Waals surface area contributed by atoms with Gasteiger partial charge in [0.2, 0.25) is 5.91 Å². The second kappa shape index (κ2) is 10.7. The van der Waals surface area contributed by atoms with Gasteiger partial charge in [-0.05, 0) is 55.7 Å². The van der Waals surface area contributed by atoms with E-state index in [9.17, 15) is 19.1 Å². The number of phenols is 1. The number of para-hydroxylation sites is 1. The van der Waals surface area contributed by atoms with Gasteiger partial charge in [-0.25, -0.2) is 18.7 Å². The lowest BCUT2D eigenvalue weighted by Crippen LogP contribution is -2.54. The second-order valence-corrected chi connectivity index (χ2v) is 10.3. The van der Waals surface area contributed by atoms with Crippen molar-refractivity contribution in [2.24, 2.45) is 0 Å². The van der Waals surface area contributed by atoms with Crippen molar-refractivity contribution in [3.63, 3.8) is 0 Å². The molecule has 0 saturated carbocycles. The van der Waals surface area contributed by atoms with E-state index in [0.717, 1.165) is 11.1 Å². The van der Waals surface area contributed by atoms with Crippen LogP contribution in [-0.4, -0.2) is 56.1 Å². The average Bonchev–Trinajstić information content (AvgIpc) is 2.93. The van der Waals surface area contributed by atoms with Crippen molar-refractivity contribution in [1.82, 2.24) is 19.4 Å². The quantitative estimate of drug-likeness (QED) is 0.343. The van der Waals surface area contributed by atoms with E-state index in [4.69, 9.17) is 16.6 Å². The van der Waals surface area contributed by atoms with Gasteiger partial charge in [-0.2, -0.15) is 4.98 Å². The summed E-state index contributed by atoms with van der Waals surface area (Å²) in [6.07, 6.45) is 1.94. The van der Waals surface area contributed by atoms with E-state index in [1.807, 2.05) is 43.9 Å². The Kier molecular flexibility index (Phi) is 7.33. The van der Waals surface area contributed by atoms with Crippen LogP contribution in [0.5, 0.6) is 5.75 Å². The maximum absolute atomic E-state index is 15.0. The number of hydrogen-bond acceptors (Lipinski definition) is 6. The van der Waals surface area contributed by atoms with Crippen molar-refractivity contribution in [2.75, 3.05) is 24.5 Å². The molecule has 1 aliphatic heterocycles. The van der Waals surface area contributed by atoms with Crippen molar-refractivity contribution in [3.05, 3.63) is 87.6 Å². The number of fused-ring (bicyclic) bond motifs is 1. The maximum atomic E-state index is 15.0. The third-order valence-corrected chi connectivity index (χ3v) is 7.63. The summed E-state index contributed by atoms with van der Waals surface area (Å²) >= 11 is 6.70. The molecule has 10 heteroatoms. The van der Waals surface area contributed by atoms with Gasteiger partial charge in [-0.3, -0.25) is 4.79 Å². The highest BCUT2D eigenvalue weighted by molar-refractivity contribution is 6.34. The fourth-order valence-corrected chi connectivity index (χ4v) is 5.62. The first kappa shape index (κ1) is 27.3. The second-order valence-electron chi connectivity index (χ2n) is 9.84. The Morgan fingerprint density at radius 2 is 1.98 bits per heavy atom. The van der Waals surface area contributed by atoms with Gasteiger partial charge < -0.3 is 14.9 Å². The highest BCUT2D eigenvalue weighted by Crippen LogP contribution is 2.39. The highest BCUT2D eigenvalue weighted by atomic mass is 35.5. The molecule has 0 spiro atoms. The monoisotopic (exact) mass is 561 g/mol. The minimum atomic E-state index is -0.696. The van der Waals surface area contributed by atoms with Gasteiger partial charge in [0.25, 0.3) is 0 Å². The number of halogens is 2. The first-order valence-electron chi connectivity index (χ1n) is 13.0. The number of nitrogens with zero attached hydrogens (tertiary/aromatic N) is 5. The van der Waals surface area contributed by atoms with Crippen LogP contribution in [0.15, 0.2) is 59.9 Å². The van der Waals surface area contributed by atoms with Crippen LogP contribution in [-0.2, 0) is 11.2 Å². The molecule has 2 aromatic carbocycles. The van der Waals surface area contributed by atoms with Crippen LogP contribution in [0.25, 0.3) is 28.0 Å². The summed E-state index contributed by atoms with van der Waals surface area (Å²) in [4.78, 5) is 39.0. The normalized spacial score (nSPS) is 15.5. The van der Waals surface area contributed by atoms with E-state index in [2.05, 4.69) is 11.6 Å². The van der Waals surface area contributed by atoms with Crippen LogP contribution in [0, 0.1) is 12.7 Å². The Labute approximate surface area is 236 Å². The number of carbonyl (C=O) groups is 1. The molecule has 5 rings (SSSR count). The van der Waals surface area contributed by atoms with E-state index in [1.54, 1.807) is 11.0 Å². The molecule has 0 radical (unpaired) electrons. The van der Waals surface area contributed by atoms with E-state index in [1.165, 1.54) is 28.8 Å².